The van der Waals surface area contributed by atoms with E-state index >= 15 is 0 Å². The van der Waals surface area contributed by atoms with Crippen molar-refractivity contribution in [2.75, 3.05) is 13.7 Å². The first-order valence-corrected chi connectivity index (χ1v) is 12.9. The van der Waals surface area contributed by atoms with Crippen LogP contribution in [0.2, 0.25) is 0 Å². The Kier molecular flexibility index (Phi) is 7.62. The summed E-state index contributed by atoms with van der Waals surface area (Å²) in [7, 11) is 1.64. The third-order valence-corrected chi connectivity index (χ3v) is 7.09. The molecule has 2 aromatic heterocycles. The summed E-state index contributed by atoms with van der Waals surface area (Å²) in [4.78, 5) is 18.5. The zero-order valence-electron chi connectivity index (χ0n) is 21.7. The number of pyridine rings is 1. The predicted octanol–water partition coefficient (Wildman–Crippen LogP) is 4.16. The van der Waals surface area contributed by atoms with Gasteiger partial charge in [0.25, 0.3) is 5.56 Å². The molecule has 4 aromatic rings. The van der Waals surface area contributed by atoms with E-state index < -0.39 is 0 Å². The summed E-state index contributed by atoms with van der Waals surface area (Å²) in [6, 6.07) is 16.0. The SMILES string of the molecule is CCC(c1nnnn1CC1CCCO1)N(Cc1ccc(C)cc1)Cc1cc2cc(OC)ccc2[nH]c1=O. The average molecular weight is 503 g/mol. The van der Waals surface area contributed by atoms with Gasteiger partial charge in [-0.15, -0.1) is 5.10 Å². The number of benzene rings is 2. The Labute approximate surface area is 216 Å². The van der Waals surface area contributed by atoms with E-state index in [9.17, 15) is 4.79 Å². The zero-order chi connectivity index (χ0) is 25.8. The summed E-state index contributed by atoms with van der Waals surface area (Å²) >= 11 is 0. The molecule has 37 heavy (non-hydrogen) atoms. The highest BCUT2D eigenvalue weighted by molar-refractivity contribution is 5.80. The number of nitrogens with zero attached hydrogens (tertiary/aromatic N) is 5. The summed E-state index contributed by atoms with van der Waals surface area (Å²) in [5, 5.41) is 13.7. The molecule has 1 N–H and O–H groups in total. The van der Waals surface area contributed by atoms with E-state index in [0.29, 0.717) is 25.2 Å². The van der Waals surface area contributed by atoms with Crippen molar-refractivity contribution in [2.45, 2.75) is 64.9 Å². The third kappa shape index (κ3) is 5.73. The molecule has 9 nitrogen and oxygen atoms in total. The molecule has 0 spiro atoms. The highest BCUT2D eigenvalue weighted by Gasteiger charge is 2.28. The van der Waals surface area contributed by atoms with Gasteiger partial charge in [0.05, 0.1) is 25.8 Å². The number of aromatic amines is 1. The van der Waals surface area contributed by atoms with Crippen LogP contribution >= 0.6 is 0 Å². The quantitative estimate of drug-likeness (QED) is 0.348. The van der Waals surface area contributed by atoms with Gasteiger partial charge in [-0.3, -0.25) is 9.69 Å². The number of H-pyrrole nitrogens is 1. The minimum absolute atomic E-state index is 0.0851. The van der Waals surface area contributed by atoms with Crippen molar-refractivity contribution in [1.82, 2.24) is 30.1 Å². The maximum absolute atomic E-state index is 13.1. The Bertz CT molecular complexity index is 1390. The van der Waals surface area contributed by atoms with Crippen LogP contribution in [-0.2, 0) is 24.4 Å². The molecule has 0 radical (unpaired) electrons. The van der Waals surface area contributed by atoms with Crippen molar-refractivity contribution in [2.24, 2.45) is 0 Å². The van der Waals surface area contributed by atoms with E-state index in [4.69, 9.17) is 9.47 Å². The van der Waals surface area contributed by atoms with Gasteiger partial charge in [0.1, 0.15) is 5.75 Å². The number of aryl methyl sites for hydroxylation is 1. The summed E-state index contributed by atoms with van der Waals surface area (Å²) in [6.07, 6.45) is 2.99. The van der Waals surface area contributed by atoms with Gasteiger partial charge in [-0.1, -0.05) is 36.8 Å². The highest BCUT2D eigenvalue weighted by Crippen LogP contribution is 2.28. The molecule has 5 rings (SSSR count). The Morgan fingerprint density at radius 3 is 2.76 bits per heavy atom. The second kappa shape index (κ2) is 11.2. The average Bonchev–Trinajstić information content (AvgIpc) is 3.59. The second-order valence-corrected chi connectivity index (χ2v) is 9.75. The fourth-order valence-electron chi connectivity index (χ4n) is 5.06. The third-order valence-electron chi connectivity index (χ3n) is 7.09. The molecule has 1 aliphatic rings. The topological polar surface area (TPSA) is 98.2 Å². The lowest BCUT2D eigenvalue weighted by Crippen LogP contribution is -2.33. The van der Waals surface area contributed by atoms with Gasteiger partial charge in [-0.05, 0) is 66.4 Å². The molecule has 1 fully saturated rings. The van der Waals surface area contributed by atoms with Crippen LogP contribution in [0.25, 0.3) is 10.9 Å². The van der Waals surface area contributed by atoms with E-state index in [2.05, 4.69) is 63.5 Å². The number of ether oxygens (including phenoxy) is 2. The molecule has 0 amide bonds. The van der Waals surface area contributed by atoms with Gasteiger partial charge in [0.15, 0.2) is 5.82 Å². The summed E-state index contributed by atoms with van der Waals surface area (Å²) in [6.45, 7) is 6.73. The normalized spacial score (nSPS) is 16.5. The lowest BCUT2D eigenvalue weighted by Gasteiger charge is -2.30. The van der Waals surface area contributed by atoms with Crippen LogP contribution in [-0.4, -0.2) is 49.9 Å². The van der Waals surface area contributed by atoms with E-state index in [1.54, 1.807) is 7.11 Å². The van der Waals surface area contributed by atoms with Gasteiger partial charge < -0.3 is 14.5 Å². The number of hydrogen-bond acceptors (Lipinski definition) is 7. The molecule has 1 aliphatic heterocycles. The van der Waals surface area contributed by atoms with Gasteiger partial charge in [0.2, 0.25) is 0 Å². The van der Waals surface area contributed by atoms with Crippen LogP contribution in [0.1, 0.15) is 54.7 Å². The minimum atomic E-state index is -0.0969. The number of fused-ring (bicyclic) bond motifs is 1. The van der Waals surface area contributed by atoms with Crippen LogP contribution in [0.3, 0.4) is 0 Å². The molecule has 2 unspecified atom stereocenters. The fraction of sp³-hybridized carbons (Fsp3) is 0.429. The minimum Gasteiger partial charge on any atom is -0.497 e. The maximum atomic E-state index is 13.1. The molecule has 1 saturated heterocycles. The van der Waals surface area contributed by atoms with Crippen molar-refractivity contribution < 1.29 is 9.47 Å². The Morgan fingerprint density at radius 2 is 2.03 bits per heavy atom. The number of tetrazole rings is 1. The second-order valence-electron chi connectivity index (χ2n) is 9.75. The highest BCUT2D eigenvalue weighted by atomic mass is 16.5. The van der Waals surface area contributed by atoms with Gasteiger partial charge in [-0.25, -0.2) is 4.68 Å². The largest absolute Gasteiger partial charge is 0.497 e. The Hall–Kier alpha value is -3.56. The first-order valence-electron chi connectivity index (χ1n) is 12.9. The lowest BCUT2D eigenvalue weighted by atomic mass is 10.1. The van der Waals surface area contributed by atoms with E-state index in [0.717, 1.165) is 48.3 Å². The van der Waals surface area contributed by atoms with Gasteiger partial charge >= 0.3 is 0 Å². The van der Waals surface area contributed by atoms with Crippen molar-refractivity contribution in [3.05, 3.63) is 81.4 Å². The van der Waals surface area contributed by atoms with Gasteiger partial charge in [0, 0.05) is 36.2 Å². The molecular formula is C28H34N6O3. The van der Waals surface area contributed by atoms with Crippen molar-refractivity contribution in [1.29, 1.82) is 0 Å². The van der Waals surface area contributed by atoms with E-state index in [1.807, 2.05) is 28.9 Å². The van der Waals surface area contributed by atoms with Gasteiger partial charge in [-0.2, -0.15) is 0 Å². The van der Waals surface area contributed by atoms with Crippen LogP contribution in [0, 0.1) is 6.92 Å². The standard InChI is InChI=1S/C28H34N6O3/c1-4-26(27-30-31-32-34(27)18-24-6-5-13-37-24)33(16-20-9-7-19(2)8-10-20)17-22-14-21-15-23(36-3)11-12-25(21)29-28(22)35/h7-12,14-15,24,26H,4-6,13,16-18H2,1-3H3,(H,29,35). The molecule has 0 saturated carbocycles. The molecule has 194 valence electrons. The number of methoxy groups -OCH3 is 1. The maximum Gasteiger partial charge on any atom is 0.252 e. The lowest BCUT2D eigenvalue weighted by molar-refractivity contribution is 0.0888. The predicted molar refractivity (Wildman–Crippen MR) is 141 cm³/mol. The van der Waals surface area contributed by atoms with Crippen molar-refractivity contribution in [3.8, 4) is 5.75 Å². The Balaban J connectivity index is 1.50. The van der Waals surface area contributed by atoms with Crippen molar-refractivity contribution in [3.63, 3.8) is 0 Å². The molecular weight excluding hydrogens is 468 g/mol. The number of hydrogen-bond donors (Lipinski definition) is 1. The van der Waals surface area contributed by atoms with Crippen LogP contribution in [0.4, 0.5) is 0 Å². The monoisotopic (exact) mass is 502 g/mol. The van der Waals surface area contributed by atoms with Crippen LogP contribution < -0.4 is 10.3 Å². The molecule has 0 aliphatic carbocycles. The van der Waals surface area contributed by atoms with E-state index in [-0.39, 0.29) is 17.7 Å². The molecule has 2 aromatic carbocycles. The first-order chi connectivity index (χ1) is 18.0. The summed E-state index contributed by atoms with van der Waals surface area (Å²) in [5.74, 6) is 1.55. The smallest absolute Gasteiger partial charge is 0.252 e. The molecule has 0 bridgehead atoms. The number of aromatic nitrogens is 5. The molecule has 3 heterocycles. The number of nitrogens with one attached hydrogen (secondary N) is 1. The number of rotatable bonds is 10. The summed E-state index contributed by atoms with van der Waals surface area (Å²) < 4.78 is 13.1. The zero-order valence-corrected chi connectivity index (χ0v) is 21.7. The van der Waals surface area contributed by atoms with E-state index in [1.165, 1.54) is 11.1 Å². The Morgan fingerprint density at radius 1 is 1.19 bits per heavy atom. The molecule has 2 atom stereocenters. The van der Waals surface area contributed by atoms with Crippen LogP contribution in [0.15, 0.2) is 53.3 Å². The molecule has 9 heteroatoms. The first kappa shape index (κ1) is 25.1. The fourth-order valence-corrected chi connectivity index (χ4v) is 5.06. The van der Waals surface area contributed by atoms with Crippen molar-refractivity contribution >= 4 is 10.9 Å². The van der Waals surface area contributed by atoms with Crippen LogP contribution in [0.5, 0.6) is 5.75 Å². The summed E-state index contributed by atoms with van der Waals surface area (Å²) in [5.41, 5.74) is 3.75.